The molecule has 2 fully saturated rings. The number of benzene rings is 1. The van der Waals surface area contributed by atoms with Gasteiger partial charge in [-0.2, -0.15) is 0 Å². The fourth-order valence-electron chi connectivity index (χ4n) is 3.67. The molecule has 0 bridgehead atoms. The molecule has 0 aliphatic carbocycles. The van der Waals surface area contributed by atoms with Crippen molar-refractivity contribution in [1.29, 1.82) is 0 Å². The third-order valence-corrected chi connectivity index (χ3v) is 7.15. The molecule has 2 saturated heterocycles. The van der Waals surface area contributed by atoms with Crippen molar-refractivity contribution in [1.82, 2.24) is 0 Å². The van der Waals surface area contributed by atoms with E-state index < -0.39 is 36.6 Å². The molecule has 2 heterocycles. The highest BCUT2D eigenvalue weighted by atomic mass is 16.7. The number of ether oxygens (including phenoxy) is 1. The third-order valence-electron chi connectivity index (χ3n) is 7.15. The third kappa shape index (κ3) is 3.97. The average Bonchev–Trinajstić information content (AvgIpc) is 2.98. The molecule has 0 atom stereocenters. The second kappa shape index (κ2) is 7.70. The summed E-state index contributed by atoms with van der Waals surface area (Å²) in [4.78, 5) is 0. The van der Waals surface area contributed by atoms with Gasteiger partial charge in [0.2, 0.25) is 0 Å². The number of allylic oxidation sites excluding steroid dienone is 1. The van der Waals surface area contributed by atoms with E-state index in [1.54, 1.807) is 7.11 Å². The molecule has 2 aliphatic heterocycles. The highest BCUT2D eigenvalue weighted by molar-refractivity contribution is 6.74. The van der Waals surface area contributed by atoms with Crippen molar-refractivity contribution in [3.05, 3.63) is 35.3 Å². The van der Waals surface area contributed by atoms with Gasteiger partial charge in [-0.1, -0.05) is 19.1 Å². The molecular formula is C23H36B2O5. The minimum Gasteiger partial charge on any atom is -0.497 e. The van der Waals surface area contributed by atoms with Crippen LogP contribution in [-0.4, -0.2) is 43.8 Å². The molecule has 0 N–H and O–H groups in total. The largest absolute Gasteiger partial charge is 0.497 e. The van der Waals surface area contributed by atoms with Gasteiger partial charge in [0, 0.05) is 0 Å². The van der Waals surface area contributed by atoms with Gasteiger partial charge < -0.3 is 23.4 Å². The van der Waals surface area contributed by atoms with Gasteiger partial charge in [0.05, 0.1) is 29.5 Å². The molecule has 1 aromatic rings. The van der Waals surface area contributed by atoms with Gasteiger partial charge in [0.25, 0.3) is 0 Å². The number of hydrogen-bond acceptors (Lipinski definition) is 5. The normalized spacial score (nSPS) is 24.7. The topological polar surface area (TPSA) is 46.2 Å². The van der Waals surface area contributed by atoms with Crippen LogP contribution in [0.1, 0.15) is 74.3 Å². The van der Waals surface area contributed by atoms with Gasteiger partial charge in [0.1, 0.15) is 5.75 Å². The van der Waals surface area contributed by atoms with E-state index in [1.807, 2.05) is 24.3 Å². The molecule has 30 heavy (non-hydrogen) atoms. The summed E-state index contributed by atoms with van der Waals surface area (Å²) < 4.78 is 31.1. The Hall–Kier alpha value is -1.27. The molecule has 0 saturated carbocycles. The maximum Gasteiger partial charge on any atom is 0.494 e. The zero-order chi connectivity index (χ0) is 22.5. The Bertz CT molecular complexity index is 779. The quantitative estimate of drug-likeness (QED) is 0.626. The maximum atomic E-state index is 6.46. The Morgan fingerprint density at radius 1 is 0.733 bits per heavy atom. The summed E-state index contributed by atoms with van der Waals surface area (Å²) in [5.74, 6) is 0.806. The van der Waals surface area contributed by atoms with Crippen molar-refractivity contribution in [2.45, 2.75) is 91.1 Å². The lowest BCUT2D eigenvalue weighted by Crippen LogP contribution is -2.41. The monoisotopic (exact) mass is 414 g/mol. The first-order chi connectivity index (χ1) is 13.7. The van der Waals surface area contributed by atoms with Crippen molar-refractivity contribution in [3.8, 4) is 5.75 Å². The molecule has 3 rings (SSSR count). The molecule has 1 aromatic carbocycles. The van der Waals surface area contributed by atoms with Crippen molar-refractivity contribution >= 4 is 19.7 Å². The van der Waals surface area contributed by atoms with E-state index in [-0.39, 0.29) is 0 Å². The van der Waals surface area contributed by atoms with Gasteiger partial charge >= 0.3 is 14.2 Å². The first-order valence-electron chi connectivity index (χ1n) is 10.8. The summed E-state index contributed by atoms with van der Waals surface area (Å²) in [6, 6.07) is 8.00. The SMILES string of the molecule is CC/C(B1OC(C)(C)C(C)(C)O1)=C(/B1OC(C)(C)C(C)(C)O1)c1ccc(OC)cc1. The van der Waals surface area contributed by atoms with Crippen LogP contribution in [0.15, 0.2) is 29.7 Å². The van der Waals surface area contributed by atoms with Crippen molar-refractivity contribution < 1.29 is 23.4 Å². The van der Waals surface area contributed by atoms with Gasteiger partial charge in [-0.25, -0.2) is 0 Å². The number of methoxy groups -OCH3 is 1. The lowest BCUT2D eigenvalue weighted by molar-refractivity contribution is 0.00578. The van der Waals surface area contributed by atoms with Crippen LogP contribution in [0, 0.1) is 0 Å². The van der Waals surface area contributed by atoms with E-state index in [0.29, 0.717) is 0 Å². The van der Waals surface area contributed by atoms with Crippen molar-refractivity contribution in [2.75, 3.05) is 7.11 Å². The summed E-state index contributed by atoms with van der Waals surface area (Å²) in [5.41, 5.74) is 1.31. The lowest BCUT2D eigenvalue weighted by atomic mass is 9.61. The summed E-state index contributed by atoms with van der Waals surface area (Å²) in [6.07, 6.45) is 0.752. The molecule has 0 aromatic heterocycles. The number of rotatable bonds is 5. The molecule has 0 spiro atoms. The van der Waals surface area contributed by atoms with E-state index in [0.717, 1.165) is 28.7 Å². The maximum absolute atomic E-state index is 6.46. The number of hydrogen-bond donors (Lipinski definition) is 0. The molecule has 5 nitrogen and oxygen atoms in total. The van der Waals surface area contributed by atoms with Crippen LogP contribution in [0.25, 0.3) is 5.47 Å². The Kier molecular flexibility index (Phi) is 6.00. The molecule has 7 heteroatoms. The van der Waals surface area contributed by atoms with Gasteiger partial charge in [-0.3, -0.25) is 0 Å². The average molecular weight is 414 g/mol. The van der Waals surface area contributed by atoms with Crippen LogP contribution in [0.2, 0.25) is 0 Å². The smallest absolute Gasteiger partial charge is 0.494 e. The van der Waals surface area contributed by atoms with Crippen LogP contribution in [0.4, 0.5) is 0 Å². The summed E-state index contributed by atoms with van der Waals surface area (Å²) >= 11 is 0. The Balaban J connectivity index is 2.12. The second-order valence-electron chi connectivity index (χ2n) is 10.2. The Morgan fingerprint density at radius 2 is 1.13 bits per heavy atom. The standard InChI is InChI=1S/C23H36B2O5/c1-11-18(24-27-20(2,3)21(4,5)28-24)19(16-12-14-17(26-10)15-13-16)25-29-22(6,7)23(8,9)30-25/h12-15H,11H2,1-10H3/b19-18-. The molecule has 0 radical (unpaired) electrons. The molecule has 164 valence electrons. The van der Waals surface area contributed by atoms with Crippen molar-refractivity contribution in [3.63, 3.8) is 0 Å². The Morgan fingerprint density at radius 3 is 1.50 bits per heavy atom. The predicted molar refractivity (Wildman–Crippen MR) is 122 cm³/mol. The predicted octanol–water partition coefficient (Wildman–Crippen LogP) is 5.12. The highest BCUT2D eigenvalue weighted by Crippen LogP contribution is 2.45. The summed E-state index contributed by atoms with van der Waals surface area (Å²) in [6.45, 7) is 18.7. The van der Waals surface area contributed by atoms with Crippen LogP contribution in [0.3, 0.4) is 0 Å². The van der Waals surface area contributed by atoms with E-state index in [2.05, 4.69) is 62.3 Å². The van der Waals surface area contributed by atoms with E-state index >= 15 is 0 Å². The Labute approximate surface area is 182 Å². The zero-order valence-electron chi connectivity index (χ0n) is 20.2. The molecule has 0 unspecified atom stereocenters. The fraction of sp³-hybridized carbons (Fsp3) is 0.652. The fourth-order valence-corrected chi connectivity index (χ4v) is 3.67. The summed E-state index contributed by atoms with van der Waals surface area (Å²) in [5, 5.41) is 0. The second-order valence-corrected chi connectivity index (χ2v) is 10.2. The van der Waals surface area contributed by atoms with Crippen LogP contribution in [-0.2, 0) is 18.6 Å². The van der Waals surface area contributed by atoms with Crippen molar-refractivity contribution in [2.24, 2.45) is 0 Å². The molecular weight excluding hydrogens is 378 g/mol. The summed E-state index contributed by atoms with van der Waals surface area (Å²) in [7, 11) is 0.690. The van der Waals surface area contributed by atoms with E-state index in [4.69, 9.17) is 23.4 Å². The molecule has 2 aliphatic rings. The van der Waals surface area contributed by atoms with Gasteiger partial charge in [-0.05, 0) is 90.5 Å². The van der Waals surface area contributed by atoms with Gasteiger partial charge in [0.15, 0.2) is 0 Å². The lowest BCUT2D eigenvalue weighted by Gasteiger charge is -2.32. The van der Waals surface area contributed by atoms with Gasteiger partial charge in [-0.15, -0.1) is 0 Å². The highest BCUT2D eigenvalue weighted by Gasteiger charge is 2.56. The van der Waals surface area contributed by atoms with Crippen LogP contribution < -0.4 is 4.74 Å². The van der Waals surface area contributed by atoms with Crippen LogP contribution >= 0.6 is 0 Å². The molecule has 0 amide bonds. The first kappa shape index (κ1) is 23.4. The first-order valence-corrected chi connectivity index (χ1v) is 10.8. The van der Waals surface area contributed by atoms with E-state index in [9.17, 15) is 0 Å². The minimum atomic E-state index is -0.516. The zero-order valence-corrected chi connectivity index (χ0v) is 20.2. The van der Waals surface area contributed by atoms with Crippen LogP contribution in [0.5, 0.6) is 5.75 Å². The minimum absolute atomic E-state index is 0.418. The van der Waals surface area contributed by atoms with E-state index in [1.165, 1.54) is 0 Å².